The van der Waals surface area contributed by atoms with Gasteiger partial charge in [-0.1, -0.05) is 29.8 Å². The van der Waals surface area contributed by atoms with Gasteiger partial charge in [0.05, 0.1) is 23.6 Å². The Morgan fingerprint density at radius 1 is 1.17 bits per heavy atom. The molecule has 0 aliphatic carbocycles. The molecule has 2 aromatic carbocycles. The van der Waals surface area contributed by atoms with E-state index in [1.54, 1.807) is 43.1 Å². The third-order valence-electron chi connectivity index (χ3n) is 5.19. The molecule has 0 unspecified atom stereocenters. The third kappa shape index (κ3) is 4.29. The molecule has 7 heteroatoms. The van der Waals surface area contributed by atoms with E-state index in [1.165, 1.54) is 0 Å². The number of para-hydroxylation sites is 2. The molecule has 0 bridgehead atoms. The minimum absolute atomic E-state index is 0.0559. The average molecular weight is 400 g/mol. The fourth-order valence-corrected chi connectivity index (χ4v) is 3.68. The van der Waals surface area contributed by atoms with Crippen LogP contribution >= 0.6 is 0 Å². The second-order valence-electron chi connectivity index (χ2n) is 7.52. The van der Waals surface area contributed by atoms with Crippen molar-refractivity contribution in [2.75, 3.05) is 18.9 Å². The molecule has 0 spiro atoms. The van der Waals surface area contributed by atoms with Gasteiger partial charge in [-0.25, -0.2) is 4.98 Å². The minimum Gasteiger partial charge on any atom is -0.324 e. The van der Waals surface area contributed by atoms with E-state index in [1.807, 2.05) is 32.9 Å². The second kappa shape index (κ2) is 8.29. The normalized spacial score (nSPS) is 12.7. The lowest BCUT2D eigenvalue weighted by atomic mass is 10.1. The largest absolute Gasteiger partial charge is 0.324 e. The van der Waals surface area contributed by atoms with Crippen molar-refractivity contribution in [2.24, 2.45) is 0 Å². The zero-order chi connectivity index (χ0) is 21.3. The zero-order valence-electron chi connectivity index (χ0n) is 17.3. The summed E-state index contributed by atoms with van der Waals surface area (Å²) in [5.74, 6) is 0.0355. The maximum Gasteiger partial charge on any atom is 0.320 e. The summed E-state index contributed by atoms with van der Waals surface area (Å²) in [5, 5.41) is 2.95. The lowest BCUT2D eigenvalue weighted by Crippen LogP contribution is -2.33. The van der Waals surface area contributed by atoms with Crippen molar-refractivity contribution in [3.05, 3.63) is 58.9 Å². The van der Waals surface area contributed by atoms with Crippen molar-refractivity contribution in [3.63, 3.8) is 0 Å². The van der Waals surface area contributed by atoms with Gasteiger partial charge < -0.3 is 5.32 Å². The smallest absolute Gasteiger partial charge is 0.320 e. The summed E-state index contributed by atoms with van der Waals surface area (Å²) in [7, 11) is 1.73. The molecule has 0 radical (unpaired) electrons. The highest BCUT2D eigenvalue weighted by molar-refractivity contribution is 5.93. The molecule has 1 heterocycles. The van der Waals surface area contributed by atoms with Gasteiger partial charge in [0.15, 0.2) is 0 Å². The van der Waals surface area contributed by atoms with Crippen LogP contribution in [0.3, 0.4) is 0 Å². The van der Waals surface area contributed by atoms with E-state index >= 15 is 0 Å². The second-order valence-corrected chi connectivity index (χ2v) is 7.52. The fourth-order valence-electron chi connectivity index (χ4n) is 3.68. The third-order valence-corrected chi connectivity index (χ3v) is 5.19. The molecule has 0 saturated carbocycles. The molecule has 1 aromatic heterocycles. The first-order valence-electron chi connectivity index (χ1n) is 9.52. The van der Waals surface area contributed by atoms with Gasteiger partial charge in [-0.2, -0.15) is 8.78 Å². The van der Waals surface area contributed by atoms with E-state index in [-0.39, 0.29) is 18.3 Å². The number of benzene rings is 2. The molecule has 29 heavy (non-hydrogen) atoms. The lowest BCUT2D eigenvalue weighted by molar-refractivity contribution is -0.117. The van der Waals surface area contributed by atoms with Crippen LogP contribution in [0.2, 0.25) is 0 Å². The van der Waals surface area contributed by atoms with Crippen LogP contribution in [-0.4, -0.2) is 34.0 Å². The maximum atomic E-state index is 13.7. The van der Waals surface area contributed by atoms with Gasteiger partial charge in [0.2, 0.25) is 5.91 Å². The van der Waals surface area contributed by atoms with E-state index in [4.69, 9.17) is 0 Å². The molecule has 0 fully saturated rings. The van der Waals surface area contributed by atoms with Crippen LogP contribution in [0.25, 0.3) is 11.0 Å². The summed E-state index contributed by atoms with van der Waals surface area (Å²) < 4.78 is 28.4. The molecule has 5 nitrogen and oxygen atoms in total. The molecule has 0 saturated heterocycles. The lowest BCUT2D eigenvalue weighted by Gasteiger charge is -2.25. The molecular formula is C22H26F2N4O. The van der Waals surface area contributed by atoms with E-state index in [2.05, 4.69) is 10.3 Å². The van der Waals surface area contributed by atoms with Crippen molar-refractivity contribution < 1.29 is 13.6 Å². The van der Waals surface area contributed by atoms with Crippen LogP contribution in [0, 0.1) is 20.8 Å². The number of rotatable bonds is 6. The highest BCUT2D eigenvalue weighted by atomic mass is 19.3. The number of carbonyl (C=O) groups is 1. The first kappa shape index (κ1) is 20.9. The molecule has 1 N–H and O–H groups in total. The maximum absolute atomic E-state index is 13.7. The highest BCUT2D eigenvalue weighted by Gasteiger charge is 2.25. The number of nitrogens with zero attached hydrogens (tertiary/aromatic N) is 3. The molecule has 1 amide bonds. The predicted molar refractivity (Wildman–Crippen MR) is 111 cm³/mol. The molecule has 154 valence electrons. The number of anilines is 1. The van der Waals surface area contributed by atoms with Crippen LogP contribution in [0.15, 0.2) is 36.4 Å². The minimum atomic E-state index is -2.71. The van der Waals surface area contributed by atoms with Crippen molar-refractivity contribution >= 4 is 22.6 Å². The van der Waals surface area contributed by atoms with Crippen LogP contribution in [0.5, 0.6) is 0 Å². The molecule has 3 rings (SSSR count). The van der Waals surface area contributed by atoms with Gasteiger partial charge in [0.25, 0.3) is 0 Å². The number of hydrogen-bond donors (Lipinski definition) is 1. The quantitative estimate of drug-likeness (QED) is 0.634. The van der Waals surface area contributed by atoms with Crippen molar-refractivity contribution in [2.45, 2.75) is 40.3 Å². The summed E-state index contributed by atoms with van der Waals surface area (Å²) >= 11 is 0. The van der Waals surface area contributed by atoms with E-state index < -0.39 is 12.6 Å². The Labute approximate surface area is 169 Å². The van der Waals surface area contributed by atoms with Gasteiger partial charge >= 0.3 is 6.55 Å². The summed E-state index contributed by atoms with van der Waals surface area (Å²) in [6.07, 6.45) is 0. The zero-order valence-corrected chi connectivity index (χ0v) is 17.3. The summed E-state index contributed by atoms with van der Waals surface area (Å²) in [5.41, 5.74) is 4.81. The summed E-state index contributed by atoms with van der Waals surface area (Å²) in [6, 6.07) is 10.4. The number of hydrogen-bond acceptors (Lipinski definition) is 3. The number of imidazole rings is 1. The van der Waals surface area contributed by atoms with Gasteiger partial charge in [-0.3, -0.25) is 14.3 Å². The first-order chi connectivity index (χ1) is 13.7. The average Bonchev–Trinajstić information content (AvgIpc) is 3.03. The SMILES string of the molecule is Cc1cc(C)c(NC(=O)CN(C)[C@H](C)c2nc3ccccc3n2C(F)F)c(C)c1. The molecule has 0 aliphatic heterocycles. The Kier molecular flexibility index (Phi) is 5.98. The van der Waals surface area contributed by atoms with Crippen LogP contribution < -0.4 is 5.32 Å². The predicted octanol–water partition coefficient (Wildman–Crippen LogP) is 4.99. The summed E-state index contributed by atoms with van der Waals surface area (Å²) in [6.45, 7) is 5.03. The fraction of sp³-hybridized carbons (Fsp3) is 0.364. The number of aromatic nitrogens is 2. The van der Waals surface area contributed by atoms with Crippen molar-refractivity contribution in [1.82, 2.24) is 14.5 Å². The number of aryl methyl sites for hydroxylation is 3. The van der Waals surface area contributed by atoms with Crippen molar-refractivity contribution in [1.29, 1.82) is 0 Å². The Bertz CT molecular complexity index is 1020. The number of nitrogens with one attached hydrogen (secondary N) is 1. The number of carbonyl (C=O) groups excluding carboxylic acids is 1. The Morgan fingerprint density at radius 3 is 2.41 bits per heavy atom. The van der Waals surface area contributed by atoms with Gasteiger partial charge in [0, 0.05) is 5.69 Å². The topological polar surface area (TPSA) is 50.2 Å². The Balaban J connectivity index is 1.79. The number of likely N-dealkylation sites (N-methyl/N-ethyl adjacent to an activating group) is 1. The standard InChI is InChI=1S/C22H26F2N4O/c1-13-10-14(2)20(15(3)11-13)26-19(29)12-27(5)16(4)21-25-17-8-6-7-9-18(17)28(21)22(23)24/h6-11,16,22H,12H2,1-5H3,(H,26,29)/t16-/m1/s1. The first-order valence-corrected chi connectivity index (χ1v) is 9.52. The monoisotopic (exact) mass is 400 g/mol. The molecule has 0 aliphatic rings. The Morgan fingerprint density at radius 2 is 1.79 bits per heavy atom. The van der Waals surface area contributed by atoms with Gasteiger partial charge in [0.1, 0.15) is 5.82 Å². The van der Waals surface area contributed by atoms with Crippen molar-refractivity contribution in [3.8, 4) is 0 Å². The number of amides is 1. The summed E-state index contributed by atoms with van der Waals surface area (Å²) in [4.78, 5) is 18.7. The van der Waals surface area contributed by atoms with E-state index in [9.17, 15) is 13.6 Å². The van der Waals surface area contributed by atoms with Crippen LogP contribution in [-0.2, 0) is 4.79 Å². The van der Waals surface area contributed by atoms with Gasteiger partial charge in [-0.15, -0.1) is 0 Å². The number of alkyl halides is 2. The number of fused-ring (bicyclic) bond motifs is 1. The van der Waals surface area contributed by atoms with E-state index in [0.717, 1.165) is 26.9 Å². The molecule has 3 aromatic rings. The Hall–Kier alpha value is -2.80. The van der Waals surface area contributed by atoms with E-state index in [0.29, 0.717) is 11.0 Å². The molecular weight excluding hydrogens is 374 g/mol. The van der Waals surface area contributed by atoms with Crippen LogP contribution in [0.4, 0.5) is 14.5 Å². The number of halogens is 2. The molecule has 1 atom stereocenters. The highest BCUT2D eigenvalue weighted by Crippen LogP contribution is 2.29. The van der Waals surface area contributed by atoms with Crippen LogP contribution in [0.1, 0.15) is 42.0 Å². The van der Waals surface area contributed by atoms with Gasteiger partial charge in [-0.05, 0) is 58.0 Å².